The number of carbonyl (C=O) groups is 2. The minimum atomic E-state index is -0.269. The van der Waals surface area contributed by atoms with Crippen LogP contribution in [0.2, 0.25) is 0 Å². The van der Waals surface area contributed by atoms with E-state index in [1.165, 1.54) is 6.08 Å². The molecule has 0 spiro atoms. The number of allylic oxidation sites excluding steroid dienone is 9. The van der Waals surface area contributed by atoms with Gasteiger partial charge in [-0.1, -0.05) is 69.4 Å². The summed E-state index contributed by atoms with van der Waals surface area (Å²) < 4.78 is 0. The Hall–Kier alpha value is -1.96. The molecule has 0 bridgehead atoms. The van der Waals surface area contributed by atoms with E-state index in [0.29, 0.717) is 11.1 Å². The highest BCUT2D eigenvalue weighted by Crippen LogP contribution is 2.22. The lowest BCUT2D eigenvalue weighted by atomic mass is 9.87. The molecule has 0 N–H and O–H groups in total. The topological polar surface area (TPSA) is 34.1 Å². The van der Waals surface area contributed by atoms with Crippen molar-refractivity contribution in [1.82, 2.24) is 0 Å². The Balaban J connectivity index is 3.55. The molecule has 0 saturated heterocycles. The molecule has 2 unspecified atom stereocenters. The molecule has 0 aromatic heterocycles. The maximum Gasteiger partial charge on any atom is 0.170 e. The Labute approximate surface area is 127 Å². The first-order valence-electron chi connectivity index (χ1n) is 7.39. The van der Waals surface area contributed by atoms with Gasteiger partial charge in [-0.2, -0.15) is 0 Å². The van der Waals surface area contributed by atoms with E-state index in [2.05, 4.69) is 6.58 Å². The molecule has 2 heteroatoms. The molecule has 0 aromatic carbocycles. The second-order valence-electron chi connectivity index (χ2n) is 5.45. The van der Waals surface area contributed by atoms with E-state index in [4.69, 9.17) is 0 Å². The lowest BCUT2D eigenvalue weighted by Gasteiger charge is -2.15. The largest absolute Gasteiger partial charge is 0.294 e. The van der Waals surface area contributed by atoms with Gasteiger partial charge in [-0.15, -0.1) is 0 Å². The van der Waals surface area contributed by atoms with Crippen LogP contribution >= 0.6 is 0 Å². The van der Waals surface area contributed by atoms with Gasteiger partial charge in [0.15, 0.2) is 11.6 Å². The number of hydrogen-bond donors (Lipinski definition) is 0. The van der Waals surface area contributed by atoms with Crippen molar-refractivity contribution in [2.45, 2.75) is 34.1 Å². The molecule has 0 aliphatic heterocycles. The summed E-state index contributed by atoms with van der Waals surface area (Å²) in [5, 5.41) is 0. The Kier molecular flexibility index (Phi) is 6.29. The fourth-order valence-electron chi connectivity index (χ4n) is 2.10. The molecule has 0 saturated carbocycles. The van der Waals surface area contributed by atoms with Crippen molar-refractivity contribution in [3.8, 4) is 0 Å². The smallest absolute Gasteiger partial charge is 0.170 e. The summed E-state index contributed by atoms with van der Waals surface area (Å²) in [6.07, 6.45) is 11.5. The minimum absolute atomic E-state index is 0.0372. The maximum absolute atomic E-state index is 12.7. The van der Waals surface area contributed by atoms with Gasteiger partial charge in [0.05, 0.1) is 0 Å². The number of ketones is 2. The van der Waals surface area contributed by atoms with Crippen molar-refractivity contribution in [3.05, 3.63) is 59.8 Å². The van der Waals surface area contributed by atoms with Crippen LogP contribution in [0.5, 0.6) is 0 Å². The Morgan fingerprint density at radius 2 is 1.57 bits per heavy atom. The van der Waals surface area contributed by atoms with Crippen LogP contribution in [0, 0.1) is 11.8 Å². The molecular weight excluding hydrogens is 260 g/mol. The van der Waals surface area contributed by atoms with Crippen molar-refractivity contribution in [2.24, 2.45) is 11.8 Å². The van der Waals surface area contributed by atoms with Crippen LogP contribution in [0.1, 0.15) is 34.1 Å². The summed E-state index contributed by atoms with van der Waals surface area (Å²) in [5.74, 6) is -0.632. The van der Waals surface area contributed by atoms with Gasteiger partial charge in [0, 0.05) is 23.0 Å². The maximum atomic E-state index is 12.7. The zero-order valence-corrected chi connectivity index (χ0v) is 13.3. The normalized spacial score (nSPS) is 31.0. The molecule has 0 amide bonds. The van der Waals surface area contributed by atoms with Crippen molar-refractivity contribution in [3.63, 3.8) is 0 Å². The third-order valence-corrected chi connectivity index (χ3v) is 3.71. The highest BCUT2D eigenvalue weighted by molar-refractivity contribution is 6.11. The van der Waals surface area contributed by atoms with Gasteiger partial charge in [-0.3, -0.25) is 9.59 Å². The standard InChI is InChI=1S/C19H24O2/c1-6-13(3)12-17-16(7-2)18(20)14(4)10-8-9-11-15(5)19(17)21/h7-12,14-15H,2,6H2,1,3-5H3/b10-8-,11-9-,13-12+,17-16-. The number of hydrogen-bond acceptors (Lipinski definition) is 2. The van der Waals surface area contributed by atoms with E-state index in [9.17, 15) is 9.59 Å². The van der Waals surface area contributed by atoms with Crippen LogP contribution in [0.3, 0.4) is 0 Å². The lowest BCUT2D eigenvalue weighted by molar-refractivity contribution is -0.119. The van der Waals surface area contributed by atoms with Gasteiger partial charge in [0.25, 0.3) is 0 Å². The van der Waals surface area contributed by atoms with E-state index >= 15 is 0 Å². The minimum Gasteiger partial charge on any atom is -0.294 e. The zero-order valence-electron chi connectivity index (χ0n) is 13.3. The molecule has 1 aliphatic carbocycles. The summed E-state index contributed by atoms with van der Waals surface area (Å²) >= 11 is 0. The van der Waals surface area contributed by atoms with Crippen molar-refractivity contribution < 1.29 is 9.59 Å². The number of Topliss-reactive ketones (excluding diaryl/α,β-unsaturated/α-hetero) is 2. The monoisotopic (exact) mass is 284 g/mol. The molecule has 0 heterocycles. The first kappa shape index (κ1) is 17.1. The third-order valence-electron chi connectivity index (χ3n) is 3.71. The van der Waals surface area contributed by atoms with Crippen molar-refractivity contribution >= 4 is 11.6 Å². The fourth-order valence-corrected chi connectivity index (χ4v) is 2.10. The average Bonchev–Trinajstić information content (AvgIpc) is 2.48. The molecule has 112 valence electrons. The van der Waals surface area contributed by atoms with Crippen LogP contribution < -0.4 is 0 Å². The van der Waals surface area contributed by atoms with E-state index in [-0.39, 0.29) is 23.4 Å². The van der Waals surface area contributed by atoms with E-state index < -0.39 is 0 Å². The molecule has 0 fully saturated rings. The molecule has 2 atom stereocenters. The first-order valence-corrected chi connectivity index (χ1v) is 7.39. The zero-order chi connectivity index (χ0) is 16.0. The molecular formula is C19H24O2. The summed E-state index contributed by atoms with van der Waals surface area (Å²) in [6.45, 7) is 11.4. The lowest BCUT2D eigenvalue weighted by Crippen LogP contribution is -2.19. The van der Waals surface area contributed by atoms with Crippen molar-refractivity contribution in [2.75, 3.05) is 0 Å². The first-order chi connectivity index (χ1) is 9.92. The molecule has 1 rings (SSSR count). The van der Waals surface area contributed by atoms with Gasteiger partial charge in [0.2, 0.25) is 0 Å². The highest BCUT2D eigenvalue weighted by atomic mass is 16.1. The second kappa shape index (κ2) is 7.72. The Bertz CT molecular complexity index is 556. The quantitative estimate of drug-likeness (QED) is 0.771. The molecule has 1 aliphatic rings. The summed E-state index contributed by atoms with van der Waals surface area (Å²) in [7, 11) is 0. The summed E-state index contributed by atoms with van der Waals surface area (Å²) in [6, 6.07) is 0. The fraction of sp³-hybridized carbons (Fsp3) is 0.368. The number of rotatable bonds is 3. The van der Waals surface area contributed by atoms with E-state index in [0.717, 1.165) is 12.0 Å². The average molecular weight is 284 g/mol. The van der Waals surface area contributed by atoms with Crippen LogP contribution in [-0.4, -0.2) is 11.6 Å². The van der Waals surface area contributed by atoms with Crippen LogP contribution in [0.15, 0.2) is 59.8 Å². The Morgan fingerprint density at radius 3 is 2.00 bits per heavy atom. The molecule has 0 radical (unpaired) electrons. The van der Waals surface area contributed by atoms with Crippen molar-refractivity contribution in [1.29, 1.82) is 0 Å². The second-order valence-corrected chi connectivity index (χ2v) is 5.45. The number of carbonyl (C=O) groups excluding carboxylic acids is 2. The van der Waals surface area contributed by atoms with Gasteiger partial charge >= 0.3 is 0 Å². The van der Waals surface area contributed by atoms with Crippen LogP contribution in [-0.2, 0) is 9.59 Å². The van der Waals surface area contributed by atoms with Gasteiger partial charge < -0.3 is 0 Å². The third kappa shape index (κ3) is 4.25. The summed E-state index contributed by atoms with van der Waals surface area (Å²) in [5.41, 5.74) is 1.97. The predicted molar refractivity (Wildman–Crippen MR) is 87.9 cm³/mol. The Morgan fingerprint density at radius 1 is 1.10 bits per heavy atom. The van der Waals surface area contributed by atoms with E-state index in [1.807, 2.05) is 58.1 Å². The van der Waals surface area contributed by atoms with Crippen LogP contribution in [0.25, 0.3) is 0 Å². The molecule has 21 heavy (non-hydrogen) atoms. The van der Waals surface area contributed by atoms with Gasteiger partial charge in [-0.05, 0) is 13.3 Å². The molecule has 0 aromatic rings. The van der Waals surface area contributed by atoms with E-state index in [1.54, 1.807) is 0 Å². The van der Waals surface area contributed by atoms with Crippen LogP contribution in [0.4, 0.5) is 0 Å². The molecule has 2 nitrogen and oxygen atoms in total. The predicted octanol–water partition coefficient (Wildman–Crippen LogP) is 4.36. The van der Waals surface area contributed by atoms with Gasteiger partial charge in [-0.25, -0.2) is 0 Å². The highest BCUT2D eigenvalue weighted by Gasteiger charge is 2.23. The SMILES string of the molecule is C=C/C1=C(\C=C(/C)CC)C(=O)C(C)/C=C\C=C/C(C)C1=O. The van der Waals surface area contributed by atoms with Gasteiger partial charge in [0.1, 0.15) is 0 Å². The summed E-state index contributed by atoms with van der Waals surface area (Å²) in [4.78, 5) is 25.2.